The highest BCUT2D eigenvalue weighted by molar-refractivity contribution is 5.18. The minimum Gasteiger partial charge on any atom is -0.325 e. The van der Waals surface area contributed by atoms with E-state index in [2.05, 4.69) is 27.7 Å². The SMILES string of the molecule is CC1(N)CC2CCC1(C)C2(C)C. The van der Waals surface area contributed by atoms with Gasteiger partial charge in [0.1, 0.15) is 0 Å². The summed E-state index contributed by atoms with van der Waals surface area (Å²) in [6, 6.07) is 0. The van der Waals surface area contributed by atoms with Crippen molar-refractivity contribution < 1.29 is 0 Å². The summed E-state index contributed by atoms with van der Waals surface area (Å²) < 4.78 is 0. The van der Waals surface area contributed by atoms with Crippen LogP contribution >= 0.6 is 0 Å². The fraction of sp³-hybridized carbons (Fsp3) is 1.00. The van der Waals surface area contributed by atoms with Gasteiger partial charge in [0.15, 0.2) is 0 Å². The summed E-state index contributed by atoms with van der Waals surface area (Å²) in [4.78, 5) is 0. The molecule has 2 fully saturated rings. The van der Waals surface area contributed by atoms with Gasteiger partial charge in [0.2, 0.25) is 0 Å². The Balaban J connectivity index is 2.47. The van der Waals surface area contributed by atoms with Crippen LogP contribution in [-0.4, -0.2) is 5.54 Å². The lowest BCUT2D eigenvalue weighted by Crippen LogP contribution is -2.51. The molecular weight excluding hydrogens is 146 g/mol. The monoisotopic (exact) mass is 167 g/mol. The zero-order chi connectivity index (χ0) is 9.20. The van der Waals surface area contributed by atoms with E-state index in [0.29, 0.717) is 10.8 Å². The first-order valence-electron chi connectivity index (χ1n) is 5.10. The summed E-state index contributed by atoms with van der Waals surface area (Å²) in [5.74, 6) is 0.873. The molecule has 0 aromatic heterocycles. The molecule has 70 valence electrons. The van der Waals surface area contributed by atoms with E-state index in [4.69, 9.17) is 5.73 Å². The van der Waals surface area contributed by atoms with Crippen LogP contribution in [0.5, 0.6) is 0 Å². The zero-order valence-electron chi connectivity index (χ0n) is 8.78. The Hall–Kier alpha value is -0.0400. The van der Waals surface area contributed by atoms with Gasteiger partial charge in [0.25, 0.3) is 0 Å². The Morgan fingerprint density at radius 1 is 1.17 bits per heavy atom. The molecule has 0 amide bonds. The molecule has 3 atom stereocenters. The Labute approximate surface area is 75.7 Å². The summed E-state index contributed by atoms with van der Waals surface area (Å²) in [5, 5.41) is 0. The van der Waals surface area contributed by atoms with Crippen LogP contribution in [0.25, 0.3) is 0 Å². The van der Waals surface area contributed by atoms with Gasteiger partial charge in [-0.05, 0) is 42.9 Å². The van der Waals surface area contributed by atoms with Gasteiger partial charge in [-0.2, -0.15) is 0 Å². The second-order valence-electron chi connectivity index (χ2n) is 5.91. The van der Waals surface area contributed by atoms with E-state index in [9.17, 15) is 0 Å². The molecule has 0 aromatic rings. The van der Waals surface area contributed by atoms with Crippen molar-refractivity contribution in [2.75, 3.05) is 0 Å². The van der Waals surface area contributed by atoms with E-state index in [0.717, 1.165) is 5.92 Å². The van der Waals surface area contributed by atoms with E-state index in [1.54, 1.807) is 0 Å². The first-order valence-corrected chi connectivity index (χ1v) is 5.10. The van der Waals surface area contributed by atoms with E-state index >= 15 is 0 Å². The van der Waals surface area contributed by atoms with E-state index in [1.807, 2.05) is 0 Å². The van der Waals surface area contributed by atoms with Gasteiger partial charge in [-0.3, -0.25) is 0 Å². The minimum atomic E-state index is 0.0828. The molecule has 0 aliphatic heterocycles. The van der Waals surface area contributed by atoms with Crippen molar-refractivity contribution in [2.45, 2.75) is 52.5 Å². The topological polar surface area (TPSA) is 26.0 Å². The fourth-order valence-electron chi connectivity index (χ4n) is 3.71. The summed E-state index contributed by atoms with van der Waals surface area (Å²) in [5.41, 5.74) is 7.30. The summed E-state index contributed by atoms with van der Waals surface area (Å²) in [7, 11) is 0. The van der Waals surface area contributed by atoms with Crippen molar-refractivity contribution >= 4 is 0 Å². The average molecular weight is 167 g/mol. The zero-order valence-corrected chi connectivity index (χ0v) is 8.78. The molecule has 0 aromatic carbocycles. The summed E-state index contributed by atoms with van der Waals surface area (Å²) in [6.07, 6.45) is 3.96. The predicted octanol–water partition coefficient (Wildman–Crippen LogP) is 2.55. The maximum atomic E-state index is 6.37. The van der Waals surface area contributed by atoms with Gasteiger partial charge >= 0.3 is 0 Å². The second kappa shape index (κ2) is 1.89. The molecule has 1 heteroatoms. The number of hydrogen-bond donors (Lipinski definition) is 1. The van der Waals surface area contributed by atoms with Crippen LogP contribution in [0.15, 0.2) is 0 Å². The van der Waals surface area contributed by atoms with Gasteiger partial charge in [0, 0.05) is 5.54 Å². The Kier molecular flexibility index (Phi) is 1.35. The first-order chi connectivity index (χ1) is 5.31. The highest BCUT2D eigenvalue weighted by Gasteiger charge is 2.65. The lowest BCUT2D eigenvalue weighted by atomic mass is 9.64. The van der Waals surface area contributed by atoms with Crippen molar-refractivity contribution in [3.05, 3.63) is 0 Å². The molecule has 2 aliphatic carbocycles. The maximum absolute atomic E-state index is 6.37. The fourth-order valence-corrected chi connectivity index (χ4v) is 3.71. The predicted molar refractivity (Wildman–Crippen MR) is 51.8 cm³/mol. The van der Waals surface area contributed by atoms with Crippen LogP contribution in [0.2, 0.25) is 0 Å². The third-order valence-electron chi connectivity index (χ3n) is 5.37. The van der Waals surface area contributed by atoms with E-state index in [-0.39, 0.29) is 5.54 Å². The standard InChI is InChI=1S/C11H21N/c1-9(2)8-5-6-10(9,3)11(4,12)7-8/h8H,5-7,12H2,1-4H3. The van der Waals surface area contributed by atoms with Gasteiger partial charge in [0.05, 0.1) is 0 Å². The number of nitrogens with two attached hydrogens (primary N) is 1. The van der Waals surface area contributed by atoms with Crippen molar-refractivity contribution in [3.8, 4) is 0 Å². The Bertz CT molecular complexity index is 217. The molecule has 2 aliphatic rings. The molecule has 0 heterocycles. The molecule has 0 spiro atoms. The van der Waals surface area contributed by atoms with E-state index < -0.39 is 0 Å². The Morgan fingerprint density at radius 2 is 1.75 bits per heavy atom. The average Bonchev–Trinajstić information content (AvgIpc) is 2.18. The summed E-state index contributed by atoms with van der Waals surface area (Å²) in [6.45, 7) is 9.44. The van der Waals surface area contributed by atoms with Crippen LogP contribution in [0.1, 0.15) is 47.0 Å². The third-order valence-corrected chi connectivity index (χ3v) is 5.37. The molecule has 2 bridgehead atoms. The lowest BCUT2D eigenvalue weighted by Gasteiger charge is -2.44. The molecule has 3 unspecified atom stereocenters. The van der Waals surface area contributed by atoms with Crippen LogP contribution in [0.3, 0.4) is 0 Å². The Morgan fingerprint density at radius 3 is 1.92 bits per heavy atom. The number of rotatable bonds is 0. The molecular formula is C11H21N. The molecule has 2 rings (SSSR count). The smallest absolute Gasteiger partial charge is 0.0188 e. The van der Waals surface area contributed by atoms with Gasteiger partial charge in [-0.1, -0.05) is 20.8 Å². The number of fused-ring (bicyclic) bond motifs is 2. The van der Waals surface area contributed by atoms with Crippen LogP contribution in [-0.2, 0) is 0 Å². The molecule has 0 saturated heterocycles. The van der Waals surface area contributed by atoms with Gasteiger partial charge in [-0.15, -0.1) is 0 Å². The van der Waals surface area contributed by atoms with Gasteiger partial charge < -0.3 is 5.73 Å². The number of hydrogen-bond acceptors (Lipinski definition) is 1. The quantitative estimate of drug-likeness (QED) is 0.589. The van der Waals surface area contributed by atoms with Crippen LogP contribution < -0.4 is 5.73 Å². The van der Waals surface area contributed by atoms with Crippen molar-refractivity contribution in [1.29, 1.82) is 0 Å². The molecule has 1 nitrogen and oxygen atoms in total. The molecule has 12 heavy (non-hydrogen) atoms. The normalized spacial score (nSPS) is 56.2. The lowest BCUT2D eigenvalue weighted by molar-refractivity contribution is 0.0896. The van der Waals surface area contributed by atoms with E-state index in [1.165, 1.54) is 19.3 Å². The second-order valence-corrected chi connectivity index (χ2v) is 5.91. The largest absolute Gasteiger partial charge is 0.325 e. The highest BCUT2D eigenvalue weighted by atomic mass is 14.9. The molecule has 0 radical (unpaired) electrons. The third kappa shape index (κ3) is 0.654. The summed E-state index contributed by atoms with van der Waals surface area (Å²) >= 11 is 0. The highest BCUT2D eigenvalue weighted by Crippen LogP contribution is 2.68. The van der Waals surface area contributed by atoms with Crippen LogP contribution in [0.4, 0.5) is 0 Å². The molecule has 2 N–H and O–H groups in total. The maximum Gasteiger partial charge on any atom is 0.0188 e. The molecule has 2 saturated carbocycles. The van der Waals surface area contributed by atoms with Crippen LogP contribution in [0, 0.1) is 16.7 Å². The van der Waals surface area contributed by atoms with Crippen molar-refractivity contribution in [2.24, 2.45) is 22.5 Å². The minimum absolute atomic E-state index is 0.0828. The van der Waals surface area contributed by atoms with Crippen molar-refractivity contribution in [1.82, 2.24) is 0 Å². The van der Waals surface area contributed by atoms with Gasteiger partial charge in [-0.25, -0.2) is 0 Å². The first kappa shape index (κ1) is 8.55. The van der Waals surface area contributed by atoms with Crippen molar-refractivity contribution in [3.63, 3.8) is 0 Å².